The molecule has 1 aromatic heterocycles. The number of hydrogen-bond acceptors (Lipinski definition) is 4. The van der Waals surface area contributed by atoms with Gasteiger partial charge in [0.1, 0.15) is 17.7 Å². The highest BCUT2D eigenvalue weighted by molar-refractivity contribution is 5.98. The van der Waals surface area contributed by atoms with Crippen molar-refractivity contribution in [2.45, 2.75) is 19.6 Å². The molecule has 3 aromatic rings. The first-order chi connectivity index (χ1) is 13.6. The zero-order valence-electron chi connectivity index (χ0n) is 15.6. The van der Waals surface area contributed by atoms with Crippen LogP contribution < -0.4 is 10.1 Å². The summed E-state index contributed by atoms with van der Waals surface area (Å²) in [7, 11) is 1.61. The summed E-state index contributed by atoms with van der Waals surface area (Å²) < 4.78 is 19.2. The zero-order valence-corrected chi connectivity index (χ0v) is 15.6. The molecule has 0 aliphatic carbocycles. The molecule has 2 aromatic carbocycles. The monoisotopic (exact) mass is 377 g/mol. The molecule has 0 fully saturated rings. The van der Waals surface area contributed by atoms with Crippen molar-refractivity contribution in [1.29, 1.82) is 0 Å². The number of rotatable bonds is 5. The average Bonchev–Trinajstić information content (AvgIpc) is 2.97. The molecule has 1 atom stereocenters. The van der Waals surface area contributed by atoms with Crippen LogP contribution in [0, 0.1) is 12.7 Å². The van der Waals surface area contributed by atoms with Gasteiger partial charge >= 0.3 is 0 Å². The van der Waals surface area contributed by atoms with Crippen molar-refractivity contribution in [1.82, 2.24) is 9.88 Å². The molecule has 0 spiro atoms. The van der Waals surface area contributed by atoms with Gasteiger partial charge in [0.05, 0.1) is 18.4 Å². The highest BCUT2D eigenvalue weighted by Gasteiger charge is 2.37. The van der Waals surface area contributed by atoms with Crippen LogP contribution in [0.15, 0.2) is 60.8 Å². The number of halogens is 1. The Hall–Kier alpha value is -3.41. The first kappa shape index (κ1) is 18.0. The van der Waals surface area contributed by atoms with E-state index in [1.54, 1.807) is 49.4 Å². The number of carbonyl (C=O) groups excluding carboxylic acids is 1. The molecule has 28 heavy (non-hydrogen) atoms. The molecular formula is C22H20FN3O2. The number of pyridine rings is 1. The molecule has 6 heteroatoms. The number of benzene rings is 2. The molecule has 0 radical (unpaired) electrons. The van der Waals surface area contributed by atoms with Gasteiger partial charge in [-0.15, -0.1) is 0 Å². The topological polar surface area (TPSA) is 54.5 Å². The van der Waals surface area contributed by atoms with E-state index >= 15 is 0 Å². The van der Waals surface area contributed by atoms with E-state index in [4.69, 9.17) is 4.74 Å². The number of fused-ring (bicyclic) bond motifs is 1. The molecule has 1 amide bonds. The number of methoxy groups -OCH3 is 1. The molecule has 1 aliphatic heterocycles. The summed E-state index contributed by atoms with van der Waals surface area (Å²) in [6.07, 6.45) is 1.18. The number of amides is 1. The fraction of sp³-hybridized carbons (Fsp3) is 0.182. The summed E-state index contributed by atoms with van der Waals surface area (Å²) in [6, 6.07) is 16.0. The van der Waals surface area contributed by atoms with Gasteiger partial charge in [-0.3, -0.25) is 9.78 Å². The third kappa shape index (κ3) is 3.29. The van der Waals surface area contributed by atoms with Crippen LogP contribution in [0.4, 0.5) is 10.1 Å². The third-order valence-electron chi connectivity index (χ3n) is 4.89. The van der Waals surface area contributed by atoms with Crippen molar-refractivity contribution in [3.8, 4) is 5.75 Å². The molecule has 0 bridgehead atoms. The van der Waals surface area contributed by atoms with Gasteiger partial charge in [-0.2, -0.15) is 0 Å². The Kier molecular flexibility index (Phi) is 4.69. The fourth-order valence-corrected chi connectivity index (χ4v) is 3.31. The Bertz CT molecular complexity index is 1020. The number of hydrogen-bond donors (Lipinski definition) is 1. The van der Waals surface area contributed by atoms with Crippen LogP contribution in [0.25, 0.3) is 0 Å². The van der Waals surface area contributed by atoms with Crippen LogP contribution in [-0.2, 0) is 6.54 Å². The van der Waals surface area contributed by atoms with Crippen molar-refractivity contribution in [3.63, 3.8) is 0 Å². The van der Waals surface area contributed by atoms with Gasteiger partial charge in [0.15, 0.2) is 0 Å². The van der Waals surface area contributed by atoms with E-state index in [0.29, 0.717) is 29.1 Å². The average molecular weight is 377 g/mol. The number of carbonyl (C=O) groups is 1. The second-order valence-electron chi connectivity index (χ2n) is 6.73. The van der Waals surface area contributed by atoms with E-state index < -0.39 is 6.17 Å². The summed E-state index contributed by atoms with van der Waals surface area (Å²) in [5.41, 5.74) is 3.33. The first-order valence-electron chi connectivity index (χ1n) is 8.98. The highest BCUT2D eigenvalue weighted by Crippen LogP contribution is 2.34. The molecule has 0 saturated heterocycles. The van der Waals surface area contributed by atoms with Crippen LogP contribution in [0.5, 0.6) is 5.75 Å². The molecule has 0 saturated carbocycles. The minimum atomic E-state index is -0.479. The van der Waals surface area contributed by atoms with Crippen molar-refractivity contribution in [2.24, 2.45) is 0 Å². The van der Waals surface area contributed by atoms with Gasteiger partial charge < -0.3 is 15.0 Å². The van der Waals surface area contributed by atoms with E-state index in [1.165, 1.54) is 6.07 Å². The fourth-order valence-electron chi connectivity index (χ4n) is 3.31. The smallest absolute Gasteiger partial charge is 0.258 e. The number of nitrogens with one attached hydrogen (secondary N) is 1. The van der Waals surface area contributed by atoms with Gasteiger partial charge in [0.25, 0.3) is 5.91 Å². The lowest BCUT2D eigenvalue weighted by Gasteiger charge is -2.26. The lowest BCUT2D eigenvalue weighted by molar-refractivity contribution is 0.0728. The minimum absolute atomic E-state index is 0.107. The molecule has 0 unspecified atom stereocenters. The second kappa shape index (κ2) is 7.31. The van der Waals surface area contributed by atoms with E-state index in [0.717, 1.165) is 11.3 Å². The van der Waals surface area contributed by atoms with Crippen molar-refractivity contribution < 1.29 is 13.9 Å². The Labute approximate surface area is 162 Å². The standard InChI is InChI=1S/C22H20FN3O2/c1-14-5-8-16(12-19(14)23)25-21-20-18(4-3-11-24-20)22(27)26(21)13-15-6-9-17(28-2)10-7-15/h3-12,21,25H,13H2,1-2H3/t21-/m1/s1. The van der Waals surface area contributed by atoms with Crippen molar-refractivity contribution >= 4 is 11.6 Å². The van der Waals surface area contributed by atoms with E-state index in [-0.39, 0.29) is 11.7 Å². The number of aryl methyl sites for hydroxylation is 1. The first-order valence-corrected chi connectivity index (χ1v) is 8.98. The maximum absolute atomic E-state index is 14.0. The molecular weight excluding hydrogens is 357 g/mol. The largest absolute Gasteiger partial charge is 0.497 e. The summed E-state index contributed by atoms with van der Waals surface area (Å²) >= 11 is 0. The van der Waals surface area contributed by atoms with Crippen LogP contribution >= 0.6 is 0 Å². The highest BCUT2D eigenvalue weighted by atomic mass is 19.1. The second-order valence-corrected chi connectivity index (χ2v) is 6.73. The summed E-state index contributed by atoms with van der Waals surface area (Å²) in [5.74, 6) is 0.354. The Morgan fingerprint density at radius 3 is 2.68 bits per heavy atom. The molecule has 1 aliphatic rings. The SMILES string of the molecule is COc1ccc(CN2C(=O)c3cccnc3[C@@H]2Nc2ccc(C)c(F)c2)cc1. The summed E-state index contributed by atoms with van der Waals surface area (Å²) in [5, 5.41) is 3.27. The van der Waals surface area contributed by atoms with Crippen LogP contribution in [0.1, 0.15) is 33.3 Å². The Morgan fingerprint density at radius 2 is 1.96 bits per heavy atom. The van der Waals surface area contributed by atoms with Gasteiger partial charge in [-0.25, -0.2) is 4.39 Å². The van der Waals surface area contributed by atoms with Gasteiger partial charge in [0.2, 0.25) is 0 Å². The third-order valence-corrected chi connectivity index (χ3v) is 4.89. The van der Waals surface area contributed by atoms with Crippen LogP contribution in [0.2, 0.25) is 0 Å². The normalized spacial score (nSPS) is 15.5. The maximum Gasteiger partial charge on any atom is 0.258 e. The van der Waals surface area contributed by atoms with Crippen molar-refractivity contribution in [3.05, 3.63) is 89.0 Å². The summed E-state index contributed by atoms with van der Waals surface area (Å²) in [6.45, 7) is 2.11. The van der Waals surface area contributed by atoms with E-state index in [1.807, 2.05) is 24.3 Å². The van der Waals surface area contributed by atoms with Crippen LogP contribution in [-0.4, -0.2) is 22.9 Å². The molecule has 5 nitrogen and oxygen atoms in total. The van der Waals surface area contributed by atoms with Crippen molar-refractivity contribution in [2.75, 3.05) is 12.4 Å². The predicted octanol–water partition coefficient (Wildman–Crippen LogP) is 4.30. The lowest BCUT2D eigenvalue weighted by Crippen LogP contribution is -2.32. The number of ether oxygens (including phenoxy) is 1. The Morgan fingerprint density at radius 1 is 1.18 bits per heavy atom. The molecule has 2 heterocycles. The number of anilines is 1. The van der Waals surface area contributed by atoms with Gasteiger partial charge in [-0.05, 0) is 54.4 Å². The Balaban J connectivity index is 1.66. The zero-order chi connectivity index (χ0) is 19.7. The quantitative estimate of drug-likeness (QED) is 0.720. The van der Waals surface area contributed by atoms with Gasteiger partial charge in [-0.1, -0.05) is 18.2 Å². The molecule has 1 N–H and O–H groups in total. The molecule has 142 valence electrons. The van der Waals surface area contributed by atoms with E-state index in [2.05, 4.69) is 10.3 Å². The summed E-state index contributed by atoms with van der Waals surface area (Å²) in [4.78, 5) is 19.1. The molecule has 4 rings (SSSR count). The number of nitrogens with zero attached hydrogens (tertiary/aromatic N) is 2. The predicted molar refractivity (Wildman–Crippen MR) is 105 cm³/mol. The lowest BCUT2D eigenvalue weighted by atomic mass is 10.2. The maximum atomic E-state index is 14.0. The minimum Gasteiger partial charge on any atom is -0.497 e. The van der Waals surface area contributed by atoms with Crippen LogP contribution in [0.3, 0.4) is 0 Å². The van der Waals surface area contributed by atoms with E-state index in [9.17, 15) is 9.18 Å². The van der Waals surface area contributed by atoms with Gasteiger partial charge in [0, 0.05) is 18.4 Å². The number of aromatic nitrogens is 1.